The van der Waals surface area contributed by atoms with Gasteiger partial charge < -0.3 is 0 Å². The van der Waals surface area contributed by atoms with Crippen molar-refractivity contribution in [3.05, 3.63) is 68.8 Å². The number of nitrogens with zero attached hydrogens (tertiary/aromatic N) is 1. The predicted octanol–water partition coefficient (Wildman–Crippen LogP) is 4.87. The number of hydrogen-bond donors (Lipinski definition) is 0. The minimum Gasteiger partial charge on any atom is -0.298 e. The molecule has 110 valence electrons. The van der Waals surface area contributed by atoms with E-state index in [-0.39, 0.29) is 5.91 Å². The van der Waals surface area contributed by atoms with E-state index >= 15 is 0 Å². The van der Waals surface area contributed by atoms with Gasteiger partial charge in [-0.15, -0.1) is 0 Å². The lowest BCUT2D eigenvalue weighted by molar-refractivity contribution is 0.0963. The molecular formula is C17H11BrClNO2. The first kappa shape index (κ1) is 15.0. The molecule has 0 aliphatic carbocycles. The molecule has 22 heavy (non-hydrogen) atoms. The fourth-order valence-electron chi connectivity index (χ4n) is 2.58. The smallest absolute Gasteiger partial charge is 0.264 e. The van der Waals surface area contributed by atoms with Gasteiger partial charge in [-0.05, 0) is 31.2 Å². The number of hydrogen-bond acceptors (Lipinski definition) is 2. The van der Waals surface area contributed by atoms with Crippen molar-refractivity contribution in [2.45, 2.75) is 6.92 Å². The first-order valence-electron chi connectivity index (χ1n) is 6.59. The molecule has 5 heteroatoms. The van der Waals surface area contributed by atoms with E-state index in [0.717, 1.165) is 16.1 Å². The number of rotatable bonds is 2. The molecule has 3 rings (SSSR count). The minimum absolute atomic E-state index is 0.256. The molecule has 0 aliphatic rings. The topological polar surface area (TPSA) is 39.1 Å². The van der Waals surface area contributed by atoms with Crippen molar-refractivity contribution in [2.75, 3.05) is 0 Å². The Kier molecular flexibility index (Phi) is 3.89. The van der Waals surface area contributed by atoms with Gasteiger partial charge in [0.2, 0.25) is 0 Å². The molecular weight excluding hydrogens is 366 g/mol. The Morgan fingerprint density at radius 3 is 2.68 bits per heavy atom. The highest BCUT2D eigenvalue weighted by Gasteiger charge is 2.21. The number of halogens is 2. The second kappa shape index (κ2) is 5.71. The van der Waals surface area contributed by atoms with Crippen LogP contribution in [0.5, 0.6) is 0 Å². The Bertz CT molecular complexity index is 914. The van der Waals surface area contributed by atoms with Crippen LogP contribution in [0.1, 0.15) is 26.4 Å². The summed E-state index contributed by atoms with van der Waals surface area (Å²) in [6, 6.07) is 12.5. The van der Waals surface area contributed by atoms with Crippen molar-refractivity contribution in [1.29, 1.82) is 0 Å². The Hall–Kier alpha value is -1.91. The van der Waals surface area contributed by atoms with E-state index in [4.69, 9.17) is 11.6 Å². The summed E-state index contributed by atoms with van der Waals surface area (Å²) in [4.78, 5) is 24.3. The zero-order valence-electron chi connectivity index (χ0n) is 11.6. The van der Waals surface area contributed by atoms with Gasteiger partial charge >= 0.3 is 0 Å². The summed E-state index contributed by atoms with van der Waals surface area (Å²) in [5.41, 5.74) is 2.22. The van der Waals surface area contributed by atoms with Crippen molar-refractivity contribution in [3.63, 3.8) is 0 Å². The summed E-state index contributed by atoms with van der Waals surface area (Å²) < 4.78 is 2.30. The Balaban J connectivity index is 2.30. The van der Waals surface area contributed by atoms with E-state index in [9.17, 15) is 9.59 Å². The van der Waals surface area contributed by atoms with Crippen LogP contribution in [0, 0.1) is 6.92 Å². The molecule has 0 amide bonds. The van der Waals surface area contributed by atoms with E-state index in [2.05, 4.69) is 15.9 Å². The minimum atomic E-state index is -0.256. The highest BCUT2D eigenvalue weighted by atomic mass is 79.9. The van der Waals surface area contributed by atoms with Gasteiger partial charge in [-0.3, -0.25) is 14.2 Å². The zero-order valence-corrected chi connectivity index (χ0v) is 14.0. The first-order valence-corrected chi connectivity index (χ1v) is 7.76. The molecule has 0 aliphatic heterocycles. The molecule has 0 N–H and O–H groups in total. The van der Waals surface area contributed by atoms with E-state index in [1.165, 1.54) is 4.57 Å². The van der Waals surface area contributed by atoms with Crippen LogP contribution >= 0.6 is 27.5 Å². The van der Waals surface area contributed by atoms with Crippen LogP contribution in [-0.2, 0) is 0 Å². The lowest BCUT2D eigenvalue weighted by Crippen LogP contribution is -2.14. The number of carbonyl (C=O) groups is 2. The van der Waals surface area contributed by atoms with Crippen LogP contribution in [0.3, 0.4) is 0 Å². The van der Waals surface area contributed by atoms with Gasteiger partial charge in [0.05, 0.1) is 16.1 Å². The van der Waals surface area contributed by atoms with Gasteiger partial charge in [-0.2, -0.15) is 0 Å². The summed E-state index contributed by atoms with van der Waals surface area (Å²) in [7, 11) is 0. The molecule has 0 unspecified atom stereocenters. The summed E-state index contributed by atoms with van der Waals surface area (Å²) in [6.07, 6.45) is 0.782. The lowest BCUT2D eigenvalue weighted by atomic mass is 10.1. The molecule has 0 spiro atoms. The normalized spacial score (nSPS) is 10.9. The summed E-state index contributed by atoms with van der Waals surface area (Å²) in [6.45, 7) is 1.76. The molecule has 0 atom stereocenters. The molecule has 0 saturated heterocycles. The number of benzene rings is 2. The Morgan fingerprint density at radius 2 is 1.95 bits per heavy atom. The summed E-state index contributed by atoms with van der Waals surface area (Å²) in [5, 5.41) is 1.13. The fraction of sp³-hybridized carbons (Fsp3) is 0.0588. The van der Waals surface area contributed by atoms with Crippen molar-refractivity contribution in [1.82, 2.24) is 4.57 Å². The number of para-hydroxylation sites is 1. The Morgan fingerprint density at radius 1 is 1.23 bits per heavy atom. The maximum atomic E-state index is 12.9. The molecule has 0 bridgehead atoms. The zero-order chi connectivity index (χ0) is 15.9. The van der Waals surface area contributed by atoms with Gasteiger partial charge in [-0.25, -0.2) is 0 Å². The van der Waals surface area contributed by atoms with Gasteiger partial charge in [0.25, 0.3) is 5.91 Å². The maximum Gasteiger partial charge on any atom is 0.264 e. The quantitative estimate of drug-likeness (QED) is 0.599. The van der Waals surface area contributed by atoms with Gasteiger partial charge in [0, 0.05) is 21.1 Å². The molecule has 1 aromatic heterocycles. The van der Waals surface area contributed by atoms with E-state index in [1.807, 2.05) is 24.3 Å². The molecule has 3 nitrogen and oxygen atoms in total. The van der Waals surface area contributed by atoms with Crippen LogP contribution in [0.15, 0.2) is 46.9 Å². The lowest BCUT2D eigenvalue weighted by Gasteiger charge is -2.09. The highest BCUT2D eigenvalue weighted by molar-refractivity contribution is 9.10. The molecule has 1 heterocycles. The number of aldehydes is 1. The predicted molar refractivity (Wildman–Crippen MR) is 90.9 cm³/mol. The van der Waals surface area contributed by atoms with Crippen LogP contribution in [-0.4, -0.2) is 16.8 Å². The van der Waals surface area contributed by atoms with E-state index < -0.39 is 0 Å². The van der Waals surface area contributed by atoms with Crippen LogP contribution in [0.2, 0.25) is 5.02 Å². The number of fused-ring (bicyclic) bond motifs is 1. The summed E-state index contributed by atoms with van der Waals surface area (Å²) >= 11 is 9.51. The highest BCUT2D eigenvalue weighted by Crippen LogP contribution is 2.28. The number of carbonyl (C=O) groups excluding carboxylic acids is 2. The second-order valence-electron chi connectivity index (χ2n) is 4.90. The maximum absolute atomic E-state index is 12.9. The average molecular weight is 377 g/mol. The average Bonchev–Trinajstić information content (AvgIpc) is 2.80. The van der Waals surface area contributed by atoms with Crippen LogP contribution in [0.25, 0.3) is 10.9 Å². The molecule has 3 aromatic rings. The first-order chi connectivity index (χ1) is 10.5. The Labute approximate surface area is 140 Å². The molecule has 0 fully saturated rings. The van der Waals surface area contributed by atoms with E-state index in [0.29, 0.717) is 27.4 Å². The van der Waals surface area contributed by atoms with Crippen molar-refractivity contribution in [2.24, 2.45) is 0 Å². The second-order valence-corrected chi connectivity index (χ2v) is 6.22. The van der Waals surface area contributed by atoms with E-state index in [1.54, 1.807) is 25.1 Å². The molecule has 0 radical (unpaired) electrons. The SMILES string of the molecule is Cc1c(C=O)c2ccccc2n1C(=O)c1cc(Br)ccc1Cl. The summed E-state index contributed by atoms with van der Waals surface area (Å²) in [5.74, 6) is -0.256. The third kappa shape index (κ3) is 2.28. The number of aromatic nitrogens is 1. The largest absolute Gasteiger partial charge is 0.298 e. The van der Waals surface area contributed by atoms with Crippen molar-refractivity contribution >= 4 is 50.6 Å². The van der Waals surface area contributed by atoms with Crippen LogP contribution < -0.4 is 0 Å². The monoisotopic (exact) mass is 375 g/mol. The van der Waals surface area contributed by atoms with Gasteiger partial charge in [-0.1, -0.05) is 45.7 Å². The molecule has 2 aromatic carbocycles. The van der Waals surface area contributed by atoms with Gasteiger partial charge in [0.1, 0.15) is 0 Å². The van der Waals surface area contributed by atoms with Gasteiger partial charge in [0.15, 0.2) is 6.29 Å². The van der Waals surface area contributed by atoms with Crippen molar-refractivity contribution < 1.29 is 9.59 Å². The van der Waals surface area contributed by atoms with Crippen LogP contribution in [0.4, 0.5) is 0 Å². The standard InChI is InChI=1S/C17H11BrClNO2/c1-10-14(9-21)12-4-2-3-5-16(12)20(10)17(22)13-8-11(18)6-7-15(13)19/h2-9H,1H3. The third-order valence-electron chi connectivity index (χ3n) is 3.64. The molecule has 0 saturated carbocycles. The van der Waals surface area contributed by atoms with Crippen molar-refractivity contribution in [3.8, 4) is 0 Å². The third-order valence-corrected chi connectivity index (χ3v) is 4.46. The fourth-order valence-corrected chi connectivity index (χ4v) is 3.14.